The van der Waals surface area contributed by atoms with Gasteiger partial charge in [0.15, 0.2) is 5.82 Å². The number of alkyl halides is 4. The van der Waals surface area contributed by atoms with Gasteiger partial charge in [-0.2, -0.15) is 10.2 Å². The molecule has 14 heteroatoms. The third-order valence-corrected chi connectivity index (χ3v) is 6.95. The SMILES string of the molecule is Cn1nc(COC(F)(F)F)cc1C(=O)Nc1cc([C@H]2CC[C@@H](OC(=O)NC34CC(C3)C4)[C@H]2F)[nH]n1. The van der Waals surface area contributed by atoms with Crippen molar-refractivity contribution >= 4 is 17.8 Å². The molecule has 0 aromatic carbocycles. The van der Waals surface area contributed by atoms with E-state index in [2.05, 4.69) is 30.7 Å². The predicted molar refractivity (Wildman–Crippen MR) is 111 cm³/mol. The molecule has 4 saturated carbocycles. The van der Waals surface area contributed by atoms with E-state index < -0.39 is 43.2 Å². The zero-order valence-electron chi connectivity index (χ0n) is 18.7. The zero-order valence-corrected chi connectivity index (χ0v) is 18.7. The van der Waals surface area contributed by atoms with Crippen molar-refractivity contribution in [3.63, 3.8) is 0 Å². The Bertz CT molecular complexity index is 1110. The summed E-state index contributed by atoms with van der Waals surface area (Å²) in [7, 11) is 1.40. The molecule has 0 aliphatic heterocycles. The van der Waals surface area contributed by atoms with Gasteiger partial charge >= 0.3 is 12.5 Å². The first-order chi connectivity index (χ1) is 16.5. The van der Waals surface area contributed by atoms with Crippen molar-refractivity contribution in [1.29, 1.82) is 0 Å². The van der Waals surface area contributed by atoms with Crippen molar-refractivity contribution in [2.24, 2.45) is 13.0 Å². The van der Waals surface area contributed by atoms with Gasteiger partial charge in [0.2, 0.25) is 0 Å². The Morgan fingerprint density at radius 1 is 1.26 bits per heavy atom. The first-order valence-corrected chi connectivity index (χ1v) is 11.2. The normalized spacial score (nSPS) is 29.3. The number of aryl methyl sites for hydroxylation is 1. The maximum Gasteiger partial charge on any atom is 0.522 e. The number of nitrogens with zero attached hydrogens (tertiary/aromatic N) is 3. The maximum atomic E-state index is 15.0. The van der Waals surface area contributed by atoms with Crippen LogP contribution in [-0.4, -0.2) is 56.2 Å². The molecule has 190 valence electrons. The van der Waals surface area contributed by atoms with Gasteiger partial charge in [-0.3, -0.25) is 19.3 Å². The number of H-pyrrole nitrogens is 1. The minimum absolute atomic E-state index is 0.0113. The summed E-state index contributed by atoms with van der Waals surface area (Å²) in [5, 5.41) is 15.9. The summed E-state index contributed by atoms with van der Waals surface area (Å²) >= 11 is 0. The Morgan fingerprint density at radius 2 is 2.00 bits per heavy atom. The summed E-state index contributed by atoms with van der Waals surface area (Å²) in [6.07, 6.45) is -4.07. The number of ether oxygens (including phenoxy) is 2. The van der Waals surface area contributed by atoms with Gasteiger partial charge in [0.05, 0.1) is 5.69 Å². The minimum atomic E-state index is -4.82. The second kappa shape index (κ2) is 8.50. The van der Waals surface area contributed by atoms with Crippen LogP contribution in [0, 0.1) is 5.92 Å². The van der Waals surface area contributed by atoms with Crippen LogP contribution in [0.1, 0.15) is 59.9 Å². The Hall–Kier alpha value is -3.16. The van der Waals surface area contributed by atoms with Crippen LogP contribution in [0.4, 0.5) is 28.2 Å². The molecule has 3 N–H and O–H groups in total. The number of anilines is 1. The van der Waals surface area contributed by atoms with Crippen LogP contribution in [0.5, 0.6) is 0 Å². The van der Waals surface area contributed by atoms with E-state index in [0.29, 0.717) is 24.5 Å². The van der Waals surface area contributed by atoms with Gasteiger partial charge in [-0.1, -0.05) is 0 Å². The number of halogens is 4. The Morgan fingerprint density at radius 3 is 2.66 bits per heavy atom. The molecule has 0 saturated heterocycles. The third-order valence-electron chi connectivity index (χ3n) is 6.95. The molecule has 2 heterocycles. The van der Waals surface area contributed by atoms with Gasteiger partial charge < -0.3 is 15.4 Å². The minimum Gasteiger partial charge on any atom is -0.443 e. The number of alkyl carbamates (subject to hydrolysis) is 1. The van der Waals surface area contributed by atoms with Crippen LogP contribution in [-0.2, 0) is 23.1 Å². The second-order valence-corrected chi connectivity index (χ2v) is 9.50. The second-order valence-electron chi connectivity index (χ2n) is 9.50. The standard InChI is InChI=1S/C21H24F4N6O4/c1-31-14(4-11(30-31)9-34-21(23,24)25)18(32)26-16-5-13(28-29-16)12-2-3-15(17(12)22)35-19(33)27-20-6-10(7-20)8-20/h4-5,10,12,15,17H,2-3,6-9H2,1H3,(H,27,33)(H2,26,28,29,32)/t10?,12-,15-,17+,20?/m1/s1. The van der Waals surface area contributed by atoms with E-state index in [4.69, 9.17) is 4.74 Å². The van der Waals surface area contributed by atoms with E-state index in [-0.39, 0.29) is 22.7 Å². The average molecular weight is 500 g/mol. The molecule has 2 bridgehead atoms. The van der Waals surface area contributed by atoms with E-state index in [1.165, 1.54) is 19.2 Å². The molecule has 6 rings (SSSR count). The molecular weight excluding hydrogens is 476 g/mol. The fourth-order valence-corrected chi connectivity index (χ4v) is 5.12. The van der Waals surface area contributed by atoms with Gasteiger partial charge in [-0.05, 0) is 44.1 Å². The summed E-state index contributed by atoms with van der Waals surface area (Å²) in [4.78, 5) is 24.7. The molecule has 35 heavy (non-hydrogen) atoms. The third kappa shape index (κ3) is 4.83. The van der Waals surface area contributed by atoms with Gasteiger partial charge in [0, 0.05) is 30.3 Å². The number of rotatable bonds is 7. The molecule has 0 radical (unpaired) electrons. The maximum absolute atomic E-state index is 15.0. The highest BCUT2D eigenvalue weighted by molar-refractivity contribution is 6.02. The van der Waals surface area contributed by atoms with Crippen molar-refractivity contribution in [3.8, 4) is 0 Å². The number of hydrogen-bond acceptors (Lipinski definition) is 6. The molecule has 2 aromatic heterocycles. The molecule has 2 amide bonds. The summed E-state index contributed by atoms with van der Waals surface area (Å²) in [6.45, 7) is -0.834. The van der Waals surface area contributed by atoms with Crippen molar-refractivity contribution in [1.82, 2.24) is 25.3 Å². The highest BCUT2D eigenvalue weighted by atomic mass is 19.4. The van der Waals surface area contributed by atoms with Crippen molar-refractivity contribution in [3.05, 3.63) is 29.2 Å². The van der Waals surface area contributed by atoms with E-state index >= 15 is 4.39 Å². The molecule has 2 aromatic rings. The Balaban J connectivity index is 1.15. The lowest BCUT2D eigenvalue weighted by atomic mass is 9.50. The van der Waals surface area contributed by atoms with E-state index in [1.54, 1.807) is 0 Å². The summed E-state index contributed by atoms with van der Waals surface area (Å²) in [5.41, 5.74) is 0.195. The number of aromatic nitrogens is 4. The van der Waals surface area contributed by atoms with Crippen LogP contribution in [0.2, 0.25) is 0 Å². The quantitative estimate of drug-likeness (QED) is 0.502. The van der Waals surface area contributed by atoms with E-state index in [1.807, 2.05) is 0 Å². The summed E-state index contributed by atoms with van der Waals surface area (Å²) in [5.74, 6) is -0.453. The van der Waals surface area contributed by atoms with Crippen molar-refractivity contribution in [2.45, 2.75) is 68.8 Å². The van der Waals surface area contributed by atoms with Crippen molar-refractivity contribution < 1.29 is 36.6 Å². The average Bonchev–Trinajstić information content (AvgIpc) is 3.41. The Labute approximate surface area is 196 Å². The molecule has 3 atom stereocenters. The number of carbonyl (C=O) groups is 2. The van der Waals surface area contributed by atoms with Gasteiger partial charge in [0.1, 0.15) is 24.6 Å². The Kier molecular flexibility index (Phi) is 5.73. The van der Waals surface area contributed by atoms with Gasteiger partial charge in [-0.25, -0.2) is 9.18 Å². The number of carbonyl (C=O) groups excluding carboxylic acids is 2. The molecular formula is C21H24F4N6O4. The molecule has 10 nitrogen and oxygen atoms in total. The van der Waals surface area contributed by atoms with Gasteiger partial charge in [-0.15, -0.1) is 13.2 Å². The lowest BCUT2D eigenvalue weighted by molar-refractivity contribution is -0.330. The molecule has 4 aliphatic carbocycles. The monoisotopic (exact) mass is 500 g/mol. The first-order valence-electron chi connectivity index (χ1n) is 11.2. The summed E-state index contributed by atoms with van der Waals surface area (Å²) < 4.78 is 61.9. The fraction of sp³-hybridized carbons (Fsp3) is 0.619. The van der Waals surface area contributed by atoms with Crippen molar-refractivity contribution in [2.75, 3.05) is 5.32 Å². The van der Waals surface area contributed by atoms with E-state index in [9.17, 15) is 22.8 Å². The van der Waals surface area contributed by atoms with Crippen LogP contribution in [0.25, 0.3) is 0 Å². The smallest absolute Gasteiger partial charge is 0.443 e. The topological polar surface area (TPSA) is 123 Å². The summed E-state index contributed by atoms with van der Waals surface area (Å²) in [6, 6.07) is 2.65. The van der Waals surface area contributed by atoms with Crippen LogP contribution in [0.3, 0.4) is 0 Å². The predicted octanol–water partition coefficient (Wildman–Crippen LogP) is 3.29. The lowest BCUT2D eigenvalue weighted by Gasteiger charge is -2.61. The van der Waals surface area contributed by atoms with Crippen LogP contribution in [0.15, 0.2) is 12.1 Å². The number of hydrogen-bond donors (Lipinski definition) is 3. The van der Waals surface area contributed by atoms with Crippen LogP contribution < -0.4 is 10.6 Å². The lowest BCUT2D eigenvalue weighted by Crippen LogP contribution is -2.68. The van der Waals surface area contributed by atoms with Crippen LogP contribution >= 0.6 is 0 Å². The van der Waals surface area contributed by atoms with Gasteiger partial charge in [0.25, 0.3) is 5.91 Å². The highest BCUT2D eigenvalue weighted by Gasteiger charge is 2.58. The number of nitrogens with one attached hydrogen (secondary N) is 3. The zero-order chi connectivity index (χ0) is 25.0. The van der Waals surface area contributed by atoms with E-state index in [0.717, 1.165) is 23.9 Å². The molecule has 0 spiro atoms. The number of aromatic amines is 1. The largest absolute Gasteiger partial charge is 0.522 e. The highest BCUT2D eigenvalue weighted by Crippen LogP contribution is 2.57. The fourth-order valence-electron chi connectivity index (χ4n) is 5.12. The number of amides is 2. The first kappa shape index (κ1) is 23.6. The molecule has 0 unspecified atom stereocenters. The molecule has 4 aliphatic rings. The molecule has 4 fully saturated rings.